The van der Waals surface area contributed by atoms with Gasteiger partial charge in [-0.1, -0.05) is 19.4 Å². The van der Waals surface area contributed by atoms with Gasteiger partial charge in [0.1, 0.15) is 29.8 Å². The third-order valence-electron chi connectivity index (χ3n) is 6.53. The molecule has 5 rings (SSSR count). The van der Waals surface area contributed by atoms with E-state index in [1.54, 1.807) is 6.20 Å². The Morgan fingerprint density at radius 1 is 1.23 bits per heavy atom. The van der Waals surface area contributed by atoms with Gasteiger partial charge in [-0.15, -0.1) is 0 Å². The van der Waals surface area contributed by atoms with Crippen molar-refractivity contribution in [2.45, 2.75) is 46.1 Å². The van der Waals surface area contributed by atoms with Crippen LogP contribution in [0.1, 0.15) is 42.4 Å². The maximum absolute atomic E-state index is 6.12. The van der Waals surface area contributed by atoms with E-state index in [1.807, 2.05) is 25.1 Å². The van der Waals surface area contributed by atoms with Crippen LogP contribution >= 0.6 is 0 Å². The third-order valence-corrected chi connectivity index (χ3v) is 6.53. The molecule has 2 aromatic heterocycles. The van der Waals surface area contributed by atoms with E-state index in [1.165, 1.54) is 24.1 Å². The molecule has 1 atom stereocenters. The second kappa shape index (κ2) is 8.17. The molecule has 6 heteroatoms. The lowest BCUT2D eigenvalue weighted by Crippen LogP contribution is -2.29. The molecule has 3 heterocycles. The summed E-state index contributed by atoms with van der Waals surface area (Å²) >= 11 is 0. The van der Waals surface area contributed by atoms with Crippen LogP contribution in [0.4, 0.5) is 11.6 Å². The maximum atomic E-state index is 6.12. The Morgan fingerprint density at radius 3 is 2.97 bits per heavy atom. The molecule has 0 saturated heterocycles. The minimum atomic E-state index is 0.541. The first-order valence-corrected chi connectivity index (χ1v) is 11.2. The van der Waals surface area contributed by atoms with E-state index in [-0.39, 0.29) is 0 Å². The van der Waals surface area contributed by atoms with Crippen molar-refractivity contribution < 1.29 is 4.74 Å². The van der Waals surface area contributed by atoms with Gasteiger partial charge in [-0.25, -0.2) is 15.0 Å². The summed E-state index contributed by atoms with van der Waals surface area (Å²) in [5.74, 6) is 4.14. The number of hydrogen-bond donors (Lipinski definition) is 1. The van der Waals surface area contributed by atoms with Crippen molar-refractivity contribution >= 4 is 11.6 Å². The highest BCUT2D eigenvalue weighted by Crippen LogP contribution is 2.35. The number of pyridine rings is 1. The number of anilines is 2. The van der Waals surface area contributed by atoms with Gasteiger partial charge in [0.05, 0.1) is 6.54 Å². The molecule has 31 heavy (non-hydrogen) atoms. The highest BCUT2D eigenvalue weighted by atomic mass is 16.5. The van der Waals surface area contributed by atoms with Crippen molar-refractivity contribution in [3.63, 3.8) is 0 Å². The van der Waals surface area contributed by atoms with Crippen LogP contribution in [-0.2, 0) is 19.4 Å². The van der Waals surface area contributed by atoms with Crippen LogP contribution in [0.15, 0.2) is 36.5 Å². The molecule has 2 N–H and O–H groups in total. The fourth-order valence-corrected chi connectivity index (χ4v) is 4.80. The Bertz CT molecular complexity index is 1110. The molecule has 3 aromatic rings. The van der Waals surface area contributed by atoms with Crippen LogP contribution in [0.25, 0.3) is 11.1 Å². The Labute approximate surface area is 183 Å². The molecule has 1 aliphatic carbocycles. The average molecular weight is 416 g/mol. The number of aromatic nitrogens is 3. The SMILES string of the molecule is CC[C@H]1CCc2c(nc(C)nc2N2CCOc3ccc(-c4cccnc4N)cc3C2)C1. The fourth-order valence-electron chi connectivity index (χ4n) is 4.80. The summed E-state index contributed by atoms with van der Waals surface area (Å²) in [7, 11) is 0. The molecule has 0 fully saturated rings. The molecule has 0 unspecified atom stereocenters. The van der Waals surface area contributed by atoms with Crippen LogP contribution < -0.4 is 15.4 Å². The van der Waals surface area contributed by atoms with E-state index >= 15 is 0 Å². The van der Waals surface area contributed by atoms with Crippen LogP contribution in [0.2, 0.25) is 0 Å². The molecule has 6 nitrogen and oxygen atoms in total. The molecule has 0 bridgehead atoms. The molecule has 2 aliphatic rings. The number of aryl methyl sites for hydroxylation is 1. The number of rotatable bonds is 3. The zero-order chi connectivity index (χ0) is 21.4. The Balaban J connectivity index is 1.51. The van der Waals surface area contributed by atoms with Gasteiger partial charge in [0.2, 0.25) is 0 Å². The third kappa shape index (κ3) is 3.82. The van der Waals surface area contributed by atoms with Crippen molar-refractivity contribution in [2.75, 3.05) is 23.8 Å². The van der Waals surface area contributed by atoms with Crippen molar-refractivity contribution in [3.05, 3.63) is 59.2 Å². The van der Waals surface area contributed by atoms with E-state index in [9.17, 15) is 0 Å². The number of benzene rings is 1. The summed E-state index contributed by atoms with van der Waals surface area (Å²) in [5, 5.41) is 0. The lowest BCUT2D eigenvalue weighted by molar-refractivity contribution is 0.331. The minimum absolute atomic E-state index is 0.541. The summed E-state index contributed by atoms with van der Waals surface area (Å²) in [4.78, 5) is 16.3. The van der Waals surface area contributed by atoms with Crippen LogP contribution in [0.5, 0.6) is 5.75 Å². The normalized spacial score (nSPS) is 18.0. The molecule has 0 radical (unpaired) electrons. The van der Waals surface area contributed by atoms with Crippen molar-refractivity contribution in [1.29, 1.82) is 0 Å². The number of fused-ring (bicyclic) bond motifs is 2. The maximum Gasteiger partial charge on any atom is 0.136 e. The predicted molar refractivity (Wildman–Crippen MR) is 123 cm³/mol. The first-order valence-electron chi connectivity index (χ1n) is 11.2. The summed E-state index contributed by atoms with van der Waals surface area (Å²) in [5.41, 5.74) is 11.8. The van der Waals surface area contributed by atoms with Gasteiger partial charge in [0.25, 0.3) is 0 Å². The Morgan fingerprint density at radius 2 is 2.13 bits per heavy atom. The number of nitrogens with two attached hydrogens (primary N) is 1. The van der Waals surface area contributed by atoms with Crippen molar-refractivity contribution in [3.8, 4) is 16.9 Å². The Hall–Kier alpha value is -3.15. The van der Waals surface area contributed by atoms with Gasteiger partial charge in [0, 0.05) is 35.1 Å². The number of nitrogens with zero attached hydrogens (tertiary/aromatic N) is 4. The van der Waals surface area contributed by atoms with Crippen LogP contribution in [0.3, 0.4) is 0 Å². The van der Waals surface area contributed by atoms with E-state index in [2.05, 4.69) is 28.9 Å². The zero-order valence-corrected chi connectivity index (χ0v) is 18.3. The lowest BCUT2D eigenvalue weighted by Gasteiger charge is -2.29. The Kier molecular flexibility index (Phi) is 5.22. The van der Waals surface area contributed by atoms with Gasteiger partial charge in [-0.05, 0) is 61.9 Å². The molecule has 160 valence electrons. The summed E-state index contributed by atoms with van der Waals surface area (Å²) in [6, 6.07) is 10.2. The predicted octanol–water partition coefficient (Wildman–Crippen LogP) is 4.34. The van der Waals surface area contributed by atoms with Crippen molar-refractivity contribution in [1.82, 2.24) is 15.0 Å². The number of ether oxygens (including phenoxy) is 1. The topological polar surface area (TPSA) is 77.2 Å². The van der Waals surface area contributed by atoms with Gasteiger partial charge >= 0.3 is 0 Å². The molecule has 0 amide bonds. The van der Waals surface area contributed by atoms with Gasteiger partial charge in [-0.2, -0.15) is 0 Å². The molecule has 0 spiro atoms. The summed E-state index contributed by atoms with van der Waals surface area (Å²) < 4.78 is 6.10. The average Bonchev–Trinajstić information content (AvgIpc) is 3.00. The highest BCUT2D eigenvalue weighted by Gasteiger charge is 2.26. The molecule has 1 aromatic carbocycles. The second-order valence-electron chi connectivity index (χ2n) is 8.57. The second-order valence-corrected chi connectivity index (χ2v) is 8.57. The first kappa shape index (κ1) is 19.8. The van der Waals surface area contributed by atoms with Crippen LogP contribution in [-0.4, -0.2) is 28.1 Å². The zero-order valence-electron chi connectivity index (χ0n) is 18.3. The number of nitrogen functional groups attached to an aromatic ring is 1. The standard InChI is InChI=1S/C25H29N5O/c1-3-17-6-8-21-22(13-17)28-16(2)29-25(21)30-11-12-31-23-9-7-18(14-19(23)15-30)20-5-4-10-27-24(20)26/h4-5,7,9-10,14,17H,3,6,8,11-13,15H2,1-2H3,(H2,26,27)/t17-/m0/s1. The van der Waals surface area contributed by atoms with Gasteiger partial charge in [0.15, 0.2) is 0 Å². The monoisotopic (exact) mass is 415 g/mol. The lowest BCUT2D eigenvalue weighted by atomic mass is 9.85. The van der Waals surface area contributed by atoms with E-state index in [0.717, 1.165) is 65.9 Å². The van der Waals surface area contributed by atoms with E-state index in [4.69, 9.17) is 20.4 Å². The van der Waals surface area contributed by atoms with E-state index < -0.39 is 0 Å². The van der Waals surface area contributed by atoms with Gasteiger partial charge in [-0.3, -0.25) is 0 Å². The highest BCUT2D eigenvalue weighted by molar-refractivity contribution is 5.74. The number of hydrogen-bond acceptors (Lipinski definition) is 6. The smallest absolute Gasteiger partial charge is 0.136 e. The fraction of sp³-hybridized carbons (Fsp3) is 0.400. The molecule has 0 saturated carbocycles. The summed E-state index contributed by atoms with van der Waals surface area (Å²) in [6.07, 6.45) is 6.27. The quantitative estimate of drug-likeness (QED) is 0.686. The van der Waals surface area contributed by atoms with Crippen molar-refractivity contribution in [2.24, 2.45) is 5.92 Å². The molecular weight excluding hydrogens is 386 g/mol. The van der Waals surface area contributed by atoms with E-state index in [0.29, 0.717) is 12.4 Å². The van der Waals surface area contributed by atoms with Gasteiger partial charge < -0.3 is 15.4 Å². The largest absolute Gasteiger partial charge is 0.491 e. The molecular formula is C25H29N5O. The minimum Gasteiger partial charge on any atom is -0.491 e. The van der Waals surface area contributed by atoms with Crippen LogP contribution in [0, 0.1) is 12.8 Å². The summed E-state index contributed by atoms with van der Waals surface area (Å²) in [6.45, 7) is 6.48. The molecule has 1 aliphatic heterocycles. The first-order chi connectivity index (χ1) is 15.1.